The maximum Gasteiger partial charge on any atom is 0.121 e. The Morgan fingerprint density at radius 1 is 0.811 bits per heavy atom. The fourth-order valence-electron chi connectivity index (χ4n) is 7.13. The Balaban J connectivity index is 0.000000230. The summed E-state index contributed by atoms with van der Waals surface area (Å²) in [6, 6.07) is 38.0. The predicted molar refractivity (Wildman–Crippen MR) is 224 cm³/mol. The van der Waals surface area contributed by atoms with Gasteiger partial charge in [-0.25, -0.2) is 0 Å². The fraction of sp³-hybridized carbons (Fsp3) is 0.250. The Morgan fingerprint density at radius 2 is 1.58 bits per heavy atom. The topological polar surface area (TPSA) is 38.9 Å². The van der Waals surface area contributed by atoms with Crippen LogP contribution < -0.4 is 5.19 Å². The molecule has 0 aliphatic rings. The summed E-state index contributed by atoms with van der Waals surface area (Å²) in [5.74, 6) is -1.33. The van der Waals surface area contributed by atoms with E-state index >= 15 is 0 Å². The van der Waals surface area contributed by atoms with Gasteiger partial charge in [0.25, 0.3) is 0 Å². The van der Waals surface area contributed by atoms with Crippen molar-refractivity contribution in [1.82, 2.24) is 9.97 Å². The van der Waals surface area contributed by atoms with Gasteiger partial charge in [0.05, 0.1) is 13.7 Å². The number of benzene rings is 5. The van der Waals surface area contributed by atoms with Gasteiger partial charge < -0.3 is 14.4 Å². The summed E-state index contributed by atoms with van der Waals surface area (Å²) in [6.07, 6.45) is 5.04. The summed E-state index contributed by atoms with van der Waals surface area (Å²) >= 11 is 0. The van der Waals surface area contributed by atoms with E-state index in [0.29, 0.717) is 40.7 Å². The molecule has 5 heteroatoms. The molecule has 0 amide bonds. The van der Waals surface area contributed by atoms with Crippen molar-refractivity contribution >= 4 is 56.7 Å². The maximum atomic E-state index is 8.90. The summed E-state index contributed by atoms with van der Waals surface area (Å²) in [4.78, 5) is 9.19. The molecule has 8 rings (SSSR count). The number of furan rings is 1. The van der Waals surface area contributed by atoms with Crippen molar-refractivity contribution < 1.29 is 31.4 Å². The van der Waals surface area contributed by atoms with E-state index in [2.05, 4.69) is 72.1 Å². The number of fused-ring (bicyclic) bond motifs is 6. The molecule has 0 aliphatic carbocycles. The van der Waals surface area contributed by atoms with Crippen LogP contribution in [0.2, 0.25) is 19.6 Å². The van der Waals surface area contributed by atoms with Crippen LogP contribution in [-0.2, 0) is 20.1 Å². The molecule has 0 fully saturated rings. The Bertz CT molecular complexity index is 2750. The number of pyridine rings is 2. The third-order valence-corrected chi connectivity index (χ3v) is 11.9. The van der Waals surface area contributed by atoms with Crippen molar-refractivity contribution in [3.63, 3.8) is 0 Å². The number of rotatable bonds is 7. The van der Waals surface area contributed by atoms with Crippen molar-refractivity contribution in [2.24, 2.45) is 0 Å². The van der Waals surface area contributed by atoms with E-state index < -0.39 is 26.7 Å². The normalized spacial score (nSPS) is 13.8. The minimum Gasteiger partial charge on any atom is -0.501 e. The molecule has 0 unspecified atom stereocenters. The van der Waals surface area contributed by atoms with Crippen molar-refractivity contribution in [1.29, 1.82) is 0 Å². The van der Waals surface area contributed by atoms with E-state index in [9.17, 15) is 0 Å². The van der Waals surface area contributed by atoms with Crippen LogP contribution >= 0.6 is 0 Å². The predicted octanol–water partition coefficient (Wildman–Crippen LogP) is 13.2. The molecule has 1 radical (unpaired) electrons. The minimum atomic E-state index is -2.33. The quantitative estimate of drug-likeness (QED) is 0.0909. The monoisotopic (exact) mass is 894 g/mol. The number of aromatic nitrogens is 2. The summed E-state index contributed by atoms with van der Waals surface area (Å²) < 4.78 is 48.4. The van der Waals surface area contributed by atoms with Crippen molar-refractivity contribution in [2.75, 3.05) is 0 Å². The van der Waals surface area contributed by atoms with E-state index in [1.54, 1.807) is 12.3 Å². The van der Waals surface area contributed by atoms with Crippen LogP contribution in [0.15, 0.2) is 114 Å². The summed E-state index contributed by atoms with van der Waals surface area (Å²) in [7, 11) is -1.50. The van der Waals surface area contributed by atoms with Crippen LogP contribution in [0.3, 0.4) is 0 Å². The molecule has 0 N–H and O–H groups in total. The molecule has 0 atom stereocenters. The molecular weight excluding hydrogens is 841 g/mol. The zero-order chi connectivity index (χ0) is 40.9. The van der Waals surface area contributed by atoms with E-state index in [1.165, 1.54) is 5.19 Å². The maximum absolute atomic E-state index is 8.90. The summed E-state index contributed by atoms with van der Waals surface area (Å²) in [5.41, 5.74) is 6.36. The molecule has 0 saturated carbocycles. The zero-order valence-electron chi connectivity index (χ0n) is 36.4. The van der Waals surface area contributed by atoms with Crippen LogP contribution in [0.1, 0.15) is 75.9 Å². The second kappa shape index (κ2) is 15.9. The van der Waals surface area contributed by atoms with Gasteiger partial charge in [0.1, 0.15) is 5.58 Å². The Labute approximate surface area is 336 Å². The number of aryl methyl sites for hydroxylation is 1. The van der Waals surface area contributed by atoms with Gasteiger partial charge in [-0.3, -0.25) is 0 Å². The summed E-state index contributed by atoms with van der Waals surface area (Å²) in [6.45, 7) is 12.5. The van der Waals surface area contributed by atoms with E-state index in [4.69, 9.17) is 11.3 Å². The van der Waals surface area contributed by atoms with Crippen LogP contribution in [0.25, 0.3) is 66.0 Å². The second-order valence-corrected chi connectivity index (χ2v) is 19.7. The van der Waals surface area contributed by atoms with Crippen molar-refractivity contribution in [2.45, 2.75) is 78.8 Å². The van der Waals surface area contributed by atoms with Crippen LogP contribution in [-0.4, -0.2) is 18.0 Å². The Kier molecular flexibility index (Phi) is 9.62. The first-order valence-electron chi connectivity index (χ1n) is 20.6. The van der Waals surface area contributed by atoms with Gasteiger partial charge in [-0.15, -0.1) is 53.6 Å². The van der Waals surface area contributed by atoms with Gasteiger partial charge in [-0.1, -0.05) is 125 Å². The molecular formula is C48H48IrN2OSi-2. The Morgan fingerprint density at radius 3 is 2.30 bits per heavy atom. The third-order valence-electron chi connectivity index (χ3n) is 9.92. The number of nitrogens with zero attached hydrogens (tertiary/aromatic N) is 2. The molecule has 3 heterocycles. The molecule has 0 saturated heterocycles. The smallest absolute Gasteiger partial charge is 0.121 e. The average Bonchev–Trinajstić information content (AvgIpc) is 3.57. The van der Waals surface area contributed by atoms with Gasteiger partial charge >= 0.3 is 0 Å². The van der Waals surface area contributed by atoms with E-state index in [-0.39, 0.29) is 25.7 Å². The largest absolute Gasteiger partial charge is 0.501 e. The fourth-order valence-corrected chi connectivity index (χ4v) is 8.71. The number of hydrogen-bond acceptors (Lipinski definition) is 3. The molecule has 5 aromatic carbocycles. The molecule has 53 heavy (non-hydrogen) atoms. The van der Waals surface area contributed by atoms with Crippen LogP contribution in [0, 0.1) is 19.0 Å². The van der Waals surface area contributed by atoms with Crippen LogP contribution in [0.4, 0.5) is 0 Å². The van der Waals surface area contributed by atoms with E-state index in [1.807, 2.05) is 94.6 Å². The SMILES string of the molecule is [2H]C(C)(C)c1cc(-c2[c-]cccc2)ncc1[Si](C)(C)C.[2H]C([2H])([2H])c1c[c-]c(-c2cc(C([2H])(CC)CC)ccn2)c2oc3cc4c(ccc5ccccc54)cc3c12.[Ir]. The van der Waals surface area contributed by atoms with Gasteiger partial charge in [-0.2, -0.15) is 0 Å². The first-order chi connectivity index (χ1) is 26.9. The third kappa shape index (κ3) is 7.66. The zero-order valence-corrected chi connectivity index (χ0v) is 34.8. The van der Waals surface area contributed by atoms with Gasteiger partial charge in [-0.05, 0) is 80.9 Å². The molecule has 3 aromatic heterocycles. The molecule has 8 aromatic rings. The van der Waals surface area contributed by atoms with Gasteiger partial charge in [0, 0.05) is 44.7 Å². The first kappa shape index (κ1) is 32.1. The Hall–Kier alpha value is -4.41. The van der Waals surface area contributed by atoms with Crippen molar-refractivity contribution in [3.8, 4) is 22.5 Å². The second-order valence-electron chi connectivity index (χ2n) is 14.6. The molecule has 0 spiro atoms. The van der Waals surface area contributed by atoms with Crippen LogP contribution in [0.5, 0.6) is 0 Å². The average molecular weight is 894 g/mol. The molecule has 3 nitrogen and oxygen atoms in total. The van der Waals surface area contributed by atoms with Gasteiger partial charge in [0.2, 0.25) is 0 Å². The molecule has 0 aliphatic heterocycles. The van der Waals surface area contributed by atoms with Gasteiger partial charge in [0.15, 0.2) is 0 Å². The minimum absolute atomic E-state index is 0. The first-order valence-corrected chi connectivity index (χ1v) is 21.6. The molecule has 271 valence electrons. The number of hydrogen-bond donors (Lipinski definition) is 0. The van der Waals surface area contributed by atoms with Crippen molar-refractivity contribution in [3.05, 3.63) is 138 Å². The molecule has 0 bridgehead atoms. The van der Waals surface area contributed by atoms with E-state index in [0.717, 1.165) is 49.3 Å². The standard InChI is InChI=1S/C31H26NO.C17H22NSi.Ir/c1-4-20(5-2)22-14-15-32-28(17-22)25-13-10-19(3)30-27-16-23-12-11-21-8-6-7-9-24(21)26(23)18-29(27)33-31(25)30;1-13(2)15-11-16(14-9-7-6-8-10-14)18-12-17(15)19(3,4)5;/h6-12,14-18,20H,4-5H2,1-3H3;6-9,11-13H,1-5H3;/q2*-1;/i3D3,20D;13D;. The summed E-state index contributed by atoms with van der Waals surface area (Å²) in [5, 5.41) is 6.92.